The molecule has 4 aromatic rings. The highest BCUT2D eigenvalue weighted by molar-refractivity contribution is 7.85. The van der Waals surface area contributed by atoms with Crippen LogP contribution in [0.1, 0.15) is 28.6 Å². The Labute approximate surface area is 219 Å². The van der Waals surface area contributed by atoms with Gasteiger partial charge in [-0.15, -0.1) is 0 Å². The summed E-state index contributed by atoms with van der Waals surface area (Å²) >= 11 is 0. The van der Waals surface area contributed by atoms with Crippen molar-refractivity contribution in [3.8, 4) is 16.9 Å². The lowest BCUT2D eigenvalue weighted by Gasteiger charge is -2.26. The number of halogens is 2. The minimum absolute atomic E-state index is 0.0665. The minimum Gasteiger partial charge on any atom is -0.435 e. The summed E-state index contributed by atoms with van der Waals surface area (Å²) in [6, 6.07) is 11.4. The number of carbonyl (C=O) groups excluding carboxylic acids is 1. The molecule has 0 unspecified atom stereocenters. The zero-order chi connectivity index (χ0) is 26.2. The van der Waals surface area contributed by atoms with Crippen molar-refractivity contribution in [3.63, 3.8) is 0 Å². The van der Waals surface area contributed by atoms with Crippen LogP contribution in [0.25, 0.3) is 22.2 Å². The summed E-state index contributed by atoms with van der Waals surface area (Å²) in [6.07, 6.45) is 4.26. The number of hydrogen-bond acceptors (Lipinski definition) is 7. The van der Waals surface area contributed by atoms with Crippen LogP contribution in [-0.2, 0) is 17.3 Å². The van der Waals surface area contributed by atoms with Crippen molar-refractivity contribution >= 4 is 33.7 Å². The molecular weight excluding hydrogens is 514 g/mol. The normalized spacial score (nSPS) is 17.7. The number of amides is 1. The number of nitrogens with one attached hydrogen (secondary N) is 1. The Balaban J connectivity index is 1.20. The summed E-state index contributed by atoms with van der Waals surface area (Å²) in [4.78, 5) is 28.7. The number of ether oxygens (including phenoxy) is 1. The van der Waals surface area contributed by atoms with E-state index in [1.807, 2.05) is 18.2 Å². The van der Waals surface area contributed by atoms with Gasteiger partial charge in [-0.3, -0.25) is 9.00 Å². The van der Waals surface area contributed by atoms with Gasteiger partial charge in [-0.25, -0.2) is 15.0 Å². The second-order valence-electron chi connectivity index (χ2n) is 9.15. The zero-order valence-electron chi connectivity index (χ0n) is 20.2. The molecule has 6 rings (SSSR count). The fourth-order valence-electron chi connectivity index (χ4n) is 4.87. The van der Waals surface area contributed by atoms with Crippen LogP contribution in [0.4, 0.5) is 14.7 Å². The molecule has 0 saturated carbocycles. The van der Waals surface area contributed by atoms with Gasteiger partial charge in [0.15, 0.2) is 0 Å². The zero-order valence-corrected chi connectivity index (χ0v) is 21.0. The lowest BCUT2D eigenvalue weighted by atomic mass is 10.1. The summed E-state index contributed by atoms with van der Waals surface area (Å²) < 4.78 is 43.2. The number of carbonyl (C=O) groups is 1. The number of rotatable bonds is 6. The van der Waals surface area contributed by atoms with E-state index in [9.17, 15) is 17.8 Å². The molecule has 1 N–H and O–H groups in total. The number of benzene rings is 2. The van der Waals surface area contributed by atoms with Crippen LogP contribution in [0.5, 0.6) is 5.75 Å². The van der Waals surface area contributed by atoms with Crippen LogP contribution in [0.3, 0.4) is 0 Å². The van der Waals surface area contributed by atoms with Crippen molar-refractivity contribution in [2.45, 2.75) is 25.6 Å². The average molecular weight is 539 g/mol. The highest BCUT2D eigenvalue weighted by Crippen LogP contribution is 2.32. The number of hydrogen-bond donors (Lipinski definition) is 1. The summed E-state index contributed by atoms with van der Waals surface area (Å²) in [7, 11) is -0.756. The van der Waals surface area contributed by atoms with Gasteiger partial charge in [0.25, 0.3) is 5.91 Å². The second kappa shape index (κ2) is 10.1. The number of aromatic nitrogens is 4. The molecular formula is C26H24F2N6O3S. The summed E-state index contributed by atoms with van der Waals surface area (Å²) in [6.45, 7) is -0.903. The predicted octanol–water partition coefficient (Wildman–Crippen LogP) is 3.54. The molecule has 0 aliphatic carbocycles. The number of anilines is 1. The smallest absolute Gasteiger partial charge is 0.387 e. The second-order valence-corrected chi connectivity index (χ2v) is 10.8. The molecule has 2 aromatic carbocycles. The lowest BCUT2D eigenvalue weighted by Crippen LogP contribution is -2.38. The molecule has 1 fully saturated rings. The van der Waals surface area contributed by atoms with E-state index in [1.54, 1.807) is 18.5 Å². The first-order chi connectivity index (χ1) is 18.4. The Morgan fingerprint density at radius 1 is 1.05 bits per heavy atom. The maximum absolute atomic E-state index is 12.8. The van der Waals surface area contributed by atoms with E-state index in [-0.39, 0.29) is 23.3 Å². The van der Waals surface area contributed by atoms with Gasteiger partial charge in [0.2, 0.25) is 5.95 Å². The summed E-state index contributed by atoms with van der Waals surface area (Å²) in [5.74, 6) is 2.21. The van der Waals surface area contributed by atoms with E-state index in [0.29, 0.717) is 43.5 Å². The topological polar surface area (TPSA) is 102 Å². The quantitative estimate of drug-likeness (QED) is 0.401. The Morgan fingerprint density at radius 3 is 2.61 bits per heavy atom. The van der Waals surface area contributed by atoms with Crippen LogP contribution < -0.4 is 15.0 Å². The maximum Gasteiger partial charge on any atom is 0.387 e. The third-order valence-corrected chi connectivity index (χ3v) is 8.07. The van der Waals surface area contributed by atoms with Crippen molar-refractivity contribution in [2.24, 2.45) is 0 Å². The molecule has 1 saturated heterocycles. The van der Waals surface area contributed by atoms with E-state index < -0.39 is 17.4 Å². The van der Waals surface area contributed by atoms with Crippen molar-refractivity contribution in [1.82, 2.24) is 24.8 Å². The maximum atomic E-state index is 12.8. The van der Waals surface area contributed by atoms with Crippen molar-refractivity contribution in [3.05, 3.63) is 66.2 Å². The molecule has 0 radical (unpaired) electrons. The molecule has 38 heavy (non-hydrogen) atoms. The molecule has 12 heteroatoms. The fourth-order valence-corrected chi connectivity index (χ4v) is 5.92. The van der Waals surface area contributed by atoms with E-state index >= 15 is 0 Å². The van der Waals surface area contributed by atoms with E-state index in [2.05, 4.69) is 29.5 Å². The third kappa shape index (κ3) is 4.83. The first-order valence-electron chi connectivity index (χ1n) is 12.2. The molecule has 1 amide bonds. The fraction of sp³-hybridized carbons (Fsp3) is 0.308. The minimum atomic E-state index is -2.96. The molecule has 2 aromatic heterocycles. The highest BCUT2D eigenvalue weighted by Gasteiger charge is 2.28. The van der Waals surface area contributed by atoms with Gasteiger partial charge in [-0.05, 0) is 42.3 Å². The van der Waals surface area contributed by atoms with Crippen LogP contribution in [0.2, 0.25) is 0 Å². The molecule has 0 bridgehead atoms. The molecule has 4 heterocycles. The molecule has 2 aliphatic heterocycles. The number of aryl methyl sites for hydroxylation is 1. The van der Waals surface area contributed by atoms with Crippen LogP contribution >= 0.6 is 0 Å². The van der Waals surface area contributed by atoms with Crippen LogP contribution in [-0.4, -0.2) is 60.8 Å². The van der Waals surface area contributed by atoms with Crippen LogP contribution in [0.15, 0.2) is 54.9 Å². The average Bonchev–Trinajstić information content (AvgIpc) is 3.48. The molecule has 196 valence electrons. The number of alkyl halides is 2. The monoisotopic (exact) mass is 538 g/mol. The summed E-state index contributed by atoms with van der Waals surface area (Å²) in [5.41, 5.74) is 3.83. The first-order valence-corrected chi connectivity index (χ1v) is 13.7. The largest absolute Gasteiger partial charge is 0.435 e. The van der Waals surface area contributed by atoms with Crippen LogP contribution in [0, 0.1) is 0 Å². The summed E-state index contributed by atoms with van der Waals surface area (Å²) in [5, 5.41) is 2.97. The first kappa shape index (κ1) is 24.4. The van der Waals surface area contributed by atoms with Gasteiger partial charge < -0.3 is 19.5 Å². The molecule has 1 atom stereocenters. The number of fused-ring (bicyclic) bond motifs is 3. The standard InChI is InChI=1S/C26H24F2N6O3S/c27-25(28)37-19-3-1-2-17(12-19)24(35)32-21-6-7-34-22-13-16(4-5-20(22)31-23(21)34)18-14-29-26(30-15-18)33-8-10-38(36)11-9-33/h1-5,12-15,21,25H,6-11H2,(H,32,35)/t21-/m1/s1. The number of imidazole rings is 1. The lowest BCUT2D eigenvalue weighted by molar-refractivity contribution is -0.0498. The van der Waals surface area contributed by atoms with E-state index in [4.69, 9.17) is 4.98 Å². The Kier molecular flexibility index (Phi) is 6.48. The Hall–Kier alpha value is -3.93. The Bertz CT molecular complexity index is 1520. The van der Waals surface area contributed by atoms with Crippen molar-refractivity contribution in [1.29, 1.82) is 0 Å². The van der Waals surface area contributed by atoms with E-state index in [1.165, 1.54) is 18.2 Å². The van der Waals surface area contributed by atoms with Crippen molar-refractivity contribution in [2.75, 3.05) is 29.5 Å². The van der Waals surface area contributed by atoms with Gasteiger partial charge >= 0.3 is 6.61 Å². The van der Waals surface area contributed by atoms with E-state index in [0.717, 1.165) is 28.0 Å². The molecule has 9 nitrogen and oxygen atoms in total. The Morgan fingerprint density at radius 2 is 1.84 bits per heavy atom. The molecule has 0 spiro atoms. The molecule has 2 aliphatic rings. The van der Waals surface area contributed by atoms with Gasteiger partial charge in [-0.1, -0.05) is 12.1 Å². The van der Waals surface area contributed by atoms with Gasteiger partial charge in [0.05, 0.1) is 17.1 Å². The SMILES string of the molecule is O=C(N[C@@H]1CCn2c1nc1ccc(-c3cnc(N4CCS(=O)CC4)nc3)cc12)c1cccc(OC(F)F)c1. The number of nitrogens with zero attached hydrogens (tertiary/aromatic N) is 5. The van der Waals surface area contributed by atoms with Gasteiger partial charge in [0, 0.05) is 65.5 Å². The highest BCUT2D eigenvalue weighted by atomic mass is 32.2. The van der Waals surface area contributed by atoms with Gasteiger partial charge in [-0.2, -0.15) is 8.78 Å². The predicted molar refractivity (Wildman–Crippen MR) is 139 cm³/mol. The third-order valence-electron chi connectivity index (χ3n) is 6.79. The van der Waals surface area contributed by atoms with Gasteiger partial charge in [0.1, 0.15) is 11.6 Å². The van der Waals surface area contributed by atoms with Crippen molar-refractivity contribution < 1.29 is 22.5 Å².